The molecule has 1 N–H and O–H groups in total. The number of pyridine rings is 1. The molecule has 7 nitrogen and oxygen atoms in total. The van der Waals surface area contributed by atoms with E-state index in [2.05, 4.69) is 20.5 Å². The number of benzene rings is 2. The van der Waals surface area contributed by atoms with Gasteiger partial charge in [0.25, 0.3) is 11.5 Å². The summed E-state index contributed by atoms with van der Waals surface area (Å²) in [5, 5.41) is 4.91. The molecule has 0 aliphatic rings. The van der Waals surface area contributed by atoms with Crippen LogP contribution in [0.2, 0.25) is 0 Å². The van der Waals surface area contributed by atoms with Gasteiger partial charge < -0.3 is 0 Å². The van der Waals surface area contributed by atoms with Crippen molar-refractivity contribution in [2.24, 2.45) is 5.10 Å². The lowest BCUT2D eigenvalue weighted by atomic mass is 10.2. The Labute approximate surface area is 182 Å². The third-order valence-electron chi connectivity index (χ3n) is 4.46. The van der Waals surface area contributed by atoms with Gasteiger partial charge in [0, 0.05) is 18.0 Å². The first-order chi connectivity index (χ1) is 15.1. The van der Waals surface area contributed by atoms with Gasteiger partial charge >= 0.3 is 0 Å². The Morgan fingerprint density at radius 1 is 1.13 bits per heavy atom. The Kier molecular flexibility index (Phi) is 6.18. The number of amides is 1. The van der Waals surface area contributed by atoms with Gasteiger partial charge in [-0.3, -0.25) is 19.1 Å². The summed E-state index contributed by atoms with van der Waals surface area (Å²) in [7, 11) is 0. The number of hydrogen-bond donors (Lipinski definition) is 1. The molecular weight excluding hydrogens is 410 g/mol. The quantitative estimate of drug-likeness (QED) is 0.220. The molecule has 4 rings (SSSR count). The van der Waals surface area contributed by atoms with Crippen LogP contribution < -0.4 is 11.0 Å². The molecule has 1 amide bonds. The molecule has 2 aromatic carbocycles. The summed E-state index contributed by atoms with van der Waals surface area (Å²) in [4.78, 5) is 34.1. The second kappa shape index (κ2) is 9.36. The SMILES string of the molecule is Cc1ccc(-n2c(SCC(=O)N/N=C/c3cccnc3)nc3ccccc3c2=O)cc1. The van der Waals surface area contributed by atoms with E-state index in [9.17, 15) is 9.59 Å². The van der Waals surface area contributed by atoms with Crippen molar-refractivity contribution < 1.29 is 4.79 Å². The molecule has 2 heterocycles. The van der Waals surface area contributed by atoms with Crippen molar-refractivity contribution in [2.45, 2.75) is 12.1 Å². The van der Waals surface area contributed by atoms with E-state index in [-0.39, 0.29) is 17.2 Å². The molecule has 0 unspecified atom stereocenters. The van der Waals surface area contributed by atoms with Gasteiger partial charge in [-0.2, -0.15) is 5.10 Å². The minimum Gasteiger partial charge on any atom is -0.272 e. The monoisotopic (exact) mass is 429 g/mol. The van der Waals surface area contributed by atoms with Crippen molar-refractivity contribution >= 4 is 34.8 Å². The highest BCUT2D eigenvalue weighted by Crippen LogP contribution is 2.21. The number of para-hydroxylation sites is 1. The summed E-state index contributed by atoms with van der Waals surface area (Å²) in [5.41, 5.74) is 5.47. The summed E-state index contributed by atoms with van der Waals surface area (Å²) < 4.78 is 1.54. The normalized spacial score (nSPS) is 11.1. The number of hydrazone groups is 1. The largest absolute Gasteiger partial charge is 0.272 e. The number of carbonyl (C=O) groups excluding carboxylic acids is 1. The summed E-state index contributed by atoms with van der Waals surface area (Å²) in [6.45, 7) is 1.98. The maximum Gasteiger partial charge on any atom is 0.266 e. The third-order valence-corrected chi connectivity index (χ3v) is 5.40. The minimum atomic E-state index is -0.303. The van der Waals surface area contributed by atoms with E-state index in [1.54, 1.807) is 35.2 Å². The average Bonchev–Trinajstić information content (AvgIpc) is 2.79. The van der Waals surface area contributed by atoms with Crippen LogP contribution in [-0.2, 0) is 4.79 Å². The van der Waals surface area contributed by atoms with Gasteiger partial charge in [0.1, 0.15) is 0 Å². The fourth-order valence-corrected chi connectivity index (χ4v) is 3.73. The van der Waals surface area contributed by atoms with E-state index in [1.807, 2.05) is 49.4 Å². The minimum absolute atomic E-state index is 0.0566. The number of aryl methyl sites for hydroxylation is 1. The van der Waals surface area contributed by atoms with Crippen molar-refractivity contribution in [3.63, 3.8) is 0 Å². The van der Waals surface area contributed by atoms with E-state index in [4.69, 9.17) is 0 Å². The van der Waals surface area contributed by atoms with Crippen LogP contribution in [0.3, 0.4) is 0 Å². The Balaban J connectivity index is 1.58. The van der Waals surface area contributed by atoms with E-state index in [1.165, 1.54) is 18.0 Å². The van der Waals surface area contributed by atoms with Crippen molar-refractivity contribution in [3.8, 4) is 5.69 Å². The van der Waals surface area contributed by atoms with Crippen molar-refractivity contribution in [1.82, 2.24) is 20.0 Å². The van der Waals surface area contributed by atoms with Crippen LogP contribution in [0, 0.1) is 6.92 Å². The highest BCUT2D eigenvalue weighted by molar-refractivity contribution is 7.99. The number of hydrogen-bond acceptors (Lipinski definition) is 6. The number of carbonyl (C=O) groups is 1. The van der Waals surface area contributed by atoms with Crippen molar-refractivity contribution in [3.05, 3.63) is 94.5 Å². The fraction of sp³-hybridized carbons (Fsp3) is 0.0870. The van der Waals surface area contributed by atoms with E-state index in [0.29, 0.717) is 21.7 Å². The third kappa shape index (κ3) is 4.87. The molecule has 0 aliphatic carbocycles. The Morgan fingerprint density at radius 3 is 2.71 bits per heavy atom. The number of rotatable bonds is 6. The van der Waals surface area contributed by atoms with Crippen molar-refractivity contribution in [1.29, 1.82) is 0 Å². The summed E-state index contributed by atoms with van der Waals surface area (Å²) in [6.07, 6.45) is 4.83. The lowest BCUT2D eigenvalue weighted by Gasteiger charge is -2.13. The Hall–Kier alpha value is -3.78. The maximum atomic E-state index is 13.2. The maximum absolute atomic E-state index is 13.2. The molecule has 0 aliphatic heterocycles. The summed E-state index contributed by atoms with van der Waals surface area (Å²) in [6, 6.07) is 18.4. The van der Waals surface area contributed by atoms with Gasteiger partial charge in [0.2, 0.25) is 0 Å². The first-order valence-electron chi connectivity index (χ1n) is 9.55. The first-order valence-corrected chi connectivity index (χ1v) is 10.5. The molecule has 0 saturated carbocycles. The number of nitrogens with one attached hydrogen (secondary N) is 1. The zero-order chi connectivity index (χ0) is 21.6. The molecule has 0 saturated heterocycles. The second-order valence-electron chi connectivity index (χ2n) is 6.76. The lowest BCUT2D eigenvalue weighted by molar-refractivity contribution is -0.118. The average molecular weight is 430 g/mol. The van der Waals surface area contributed by atoms with E-state index >= 15 is 0 Å². The van der Waals surface area contributed by atoms with Crippen LogP contribution in [0.15, 0.2) is 88.1 Å². The Morgan fingerprint density at radius 2 is 1.94 bits per heavy atom. The predicted molar refractivity (Wildman–Crippen MR) is 123 cm³/mol. The van der Waals surface area contributed by atoms with Crippen molar-refractivity contribution in [2.75, 3.05) is 5.75 Å². The molecule has 0 spiro atoms. The fourth-order valence-electron chi connectivity index (χ4n) is 2.92. The number of nitrogens with zero attached hydrogens (tertiary/aromatic N) is 4. The topological polar surface area (TPSA) is 89.2 Å². The van der Waals surface area contributed by atoms with Gasteiger partial charge in [-0.05, 0) is 37.3 Å². The molecule has 0 bridgehead atoms. The molecule has 4 aromatic rings. The molecule has 2 aromatic heterocycles. The van der Waals surface area contributed by atoms with E-state index < -0.39 is 0 Å². The molecule has 154 valence electrons. The van der Waals surface area contributed by atoms with Gasteiger partial charge in [0.05, 0.1) is 28.6 Å². The standard InChI is InChI=1S/C23H19N5O2S/c1-16-8-10-18(11-9-16)28-22(30)19-6-2-3-7-20(19)26-23(28)31-15-21(29)27-25-14-17-5-4-12-24-13-17/h2-14H,15H2,1H3,(H,27,29)/b25-14+. The lowest BCUT2D eigenvalue weighted by Crippen LogP contribution is -2.24. The summed E-state index contributed by atoms with van der Waals surface area (Å²) >= 11 is 1.18. The first kappa shape index (κ1) is 20.5. The smallest absolute Gasteiger partial charge is 0.266 e. The van der Waals surface area contributed by atoms with Gasteiger partial charge in [-0.1, -0.05) is 47.7 Å². The molecule has 0 radical (unpaired) electrons. The number of aromatic nitrogens is 3. The number of thioether (sulfide) groups is 1. The molecular formula is C23H19N5O2S. The summed E-state index contributed by atoms with van der Waals surface area (Å²) in [5.74, 6) is -0.246. The van der Waals surface area contributed by atoms with Crippen LogP contribution in [0.1, 0.15) is 11.1 Å². The highest BCUT2D eigenvalue weighted by atomic mass is 32.2. The molecule has 8 heteroatoms. The predicted octanol–water partition coefficient (Wildman–Crippen LogP) is 3.33. The van der Waals surface area contributed by atoms with Gasteiger partial charge in [0.15, 0.2) is 5.16 Å². The number of fused-ring (bicyclic) bond motifs is 1. The molecule has 31 heavy (non-hydrogen) atoms. The zero-order valence-corrected chi connectivity index (χ0v) is 17.5. The highest BCUT2D eigenvalue weighted by Gasteiger charge is 2.14. The van der Waals surface area contributed by atoms with E-state index in [0.717, 1.165) is 11.1 Å². The molecule has 0 atom stereocenters. The second-order valence-corrected chi connectivity index (χ2v) is 7.70. The van der Waals surface area contributed by atoms with Gasteiger partial charge in [-0.15, -0.1) is 0 Å². The van der Waals surface area contributed by atoms with Crippen LogP contribution in [0.4, 0.5) is 0 Å². The Bertz CT molecular complexity index is 1300. The van der Waals surface area contributed by atoms with Crippen LogP contribution in [0.5, 0.6) is 0 Å². The zero-order valence-electron chi connectivity index (χ0n) is 16.7. The molecule has 0 fully saturated rings. The van der Waals surface area contributed by atoms with Crippen LogP contribution >= 0.6 is 11.8 Å². The van der Waals surface area contributed by atoms with Crippen LogP contribution in [0.25, 0.3) is 16.6 Å². The van der Waals surface area contributed by atoms with Gasteiger partial charge in [-0.25, -0.2) is 10.4 Å². The van der Waals surface area contributed by atoms with Crippen LogP contribution in [-0.4, -0.2) is 32.4 Å².